The van der Waals surface area contributed by atoms with Crippen molar-refractivity contribution in [1.82, 2.24) is 5.32 Å². The van der Waals surface area contributed by atoms with Crippen molar-refractivity contribution >= 4 is 18.3 Å². The summed E-state index contributed by atoms with van der Waals surface area (Å²) in [6.07, 6.45) is 7.30. The van der Waals surface area contributed by atoms with Crippen molar-refractivity contribution in [2.75, 3.05) is 6.54 Å². The van der Waals surface area contributed by atoms with Gasteiger partial charge in [0, 0.05) is 12.5 Å². The van der Waals surface area contributed by atoms with Gasteiger partial charge in [-0.25, -0.2) is 0 Å². The lowest BCUT2D eigenvalue weighted by Gasteiger charge is -2.32. The van der Waals surface area contributed by atoms with Crippen molar-refractivity contribution in [2.45, 2.75) is 56.4 Å². The fraction of sp³-hybridized carbons (Fsp3) is 0.588. The molecule has 1 amide bonds. The first-order valence-corrected chi connectivity index (χ1v) is 7.84. The molecule has 21 heavy (non-hydrogen) atoms. The highest BCUT2D eigenvalue weighted by molar-refractivity contribution is 5.86. The number of rotatable bonds is 3. The normalized spacial score (nSPS) is 23.0. The lowest BCUT2D eigenvalue weighted by atomic mass is 9.82. The van der Waals surface area contributed by atoms with E-state index in [0.717, 1.165) is 45.1 Å². The number of fused-ring (bicyclic) bond motifs is 1. The first kappa shape index (κ1) is 16.3. The molecule has 1 unspecified atom stereocenters. The molecule has 0 spiro atoms. The molecule has 0 saturated heterocycles. The second-order valence-corrected chi connectivity index (χ2v) is 6.36. The molecule has 116 valence electrons. The Labute approximate surface area is 133 Å². The summed E-state index contributed by atoms with van der Waals surface area (Å²) in [5, 5.41) is 3.11. The summed E-state index contributed by atoms with van der Waals surface area (Å²) in [5.41, 5.74) is 8.50. The molecule has 2 aliphatic rings. The Morgan fingerprint density at radius 3 is 2.71 bits per heavy atom. The smallest absolute Gasteiger partial charge is 0.240 e. The van der Waals surface area contributed by atoms with Gasteiger partial charge in [0.15, 0.2) is 0 Å². The van der Waals surface area contributed by atoms with Gasteiger partial charge in [0.1, 0.15) is 0 Å². The van der Waals surface area contributed by atoms with Gasteiger partial charge in [-0.05, 0) is 36.8 Å². The molecule has 3 rings (SSSR count). The fourth-order valence-electron chi connectivity index (χ4n) is 3.66. The van der Waals surface area contributed by atoms with Crippen LogP contribution in [0.15, 0.2) is 24.3 Å². The number of carbonyl (C=O) groups is 1. The molecule has 1 atom stereocenters. The predicted octanol–water partition coefficient (Wildman–Crippen LogP) is 2.92. The maximum Gasteiger partial charge on any atom is 0.240 e. The summed E-state index contributed by atoms with van der Waals surface area (Å²) in [6, 6.07) is 8.57. The van der Waals surface area contributed by atoms with Crippen LogP contribution in [0.3, 0.4) is 0 Å². The standard InChI is InChI=1S/C17H24N2O.ClH/c18-17(10-4-1-5-11-17)16(20)19-12-14-9-8-13-6-2-3-7-15(13)14;/h2-3,6-7,14H,1,4-5,8-12,18H2,(H,19,20);1H. The molecule has 1 aromatic carbocycles. The minimum Gasteiger partial charge on any atom is -0.354 e. The molecular formula is C17H25ClN2O. The van der Waals surface area contributed by atoms with Crippen LogP contribution in [0.1, 0.15) is 55.6 Å². The van der Waals surface area contributed by atoms with Gasteiger partial charge < -0.3 is 11.1 Å². The zero-order valence-electron chi connectivity index (χ0n) is 12.4. The quantitative estimate of drug-likeness (QED) is 0.902. The van der Waals surface area contributed by atoms with Gasteiger partial charge in [0.05, 0.1) is 5.54 Å². The molecule has 1 saturated carbocycles. The first-order chi connectivity index (χ1) is 9.69. The van der Waals surface area contributed by atoms with E-state index < -0.39 is 5.54 Å². The largest absolute Gasteiger partial charge is 0.354 e. The lowest BCUT2D eigenvalue weighted by molar-refractivity contribution is -0.127. The third-order valence-electron chi connectivity index (χ3n) is 4.96. The first-order valence-electron chi connectivity index (χ1n) is 7.84. The molecule has 4 heteroatoms. The van der Waals surface area contributed by atoms with E-state index in [1.807, 2.05) is 0 Å². The van der Waals surface area contributed by atoms with Crippen molar-refractivity contribution < 1.29 is 4.79 Å². The maximum atomic E-state index is 12.4. The van der Waals surface area contributed by atoms with E-state index in [9.17, 15) is 4.79 Å². The number of hydrogen-bond acceptors (Lipinski definition) is 2. The summed E-state index contributed by atoms with van der Waals surface area (Å²) in [5.74, 6) is 0.518. The Hall–Kier alpha value is -1.06. The number of aryl methyl sites for hydroxylation is 1. The summed E-state index contributed by atoms with van der Waals surface area (Å²) in [7, 11) is 0. The molecule has 0 bridgehead atoms. The molecule has 0 radical (unpaired) electrons. The Kier molecular flexibility index (Phi) is 5.28. The number of amides is 1. The lowest BCUT2D eigenvalue weighted by Crippen LogP contribution is -2.55. The second kappa shape index (κ2) is 6.80. The van der Waals surface area contributed by atoms with Crippen LogP contribution in [0.25, 0.3) is 0 Å². The average molecular weight is 309 g/mol. The molecular weight excluding hydrogens is 284 g/mol. The van der Waals surface area contributed by atoms with Gasteiger partial charge in [0.25, 0.3) is 0 Å². The number of halogens is 1. The van der Waals surface area contributed by atoms with Crippen LogP contribution in [0, 0.1) is 0 Å². The van der Waals surface area contributed by atoms with Crippen LogP contribution < -0.4 is 11.1 Å². The van der Waals surface area contributed by atoms with E-state index in [0.29, 0.717) is 5.92 Å². The number of nitrogens with one attached hydrogen (secondary N) is 1. The second-order valence-electron chi connectivity index (χ2n) is 6.36. The Bertz CT molecular complexity index is 497. The van der Waals surface area contributed by atoms with Crippen molar-refractivity contribution in [3.05, 3.63) is 35.4 Å². The maximum absolute atomic E-state index is 12.4. The molecule has 3 nitrogen and oxygen atoms in total. The van der Waals surface area contributed by atoms with Gasteiger partial charge in [0.2, 0.25) is 5.91 Å². The highest BCUT2D eigenvalue weighted by Crippen LogP contribution is 2.32. The molecule has 0 aliphatic heterocycles. The van der Waals surface area contributed by atoms with Crippen LogP contribution in [-0.4, -0.2) is 18.0 Å². The molecule has 0 heterocycles. The number of carbonyl (C=O) groups excluding carboxylic acids is 1. The Morgan fingerprint density at radius 1 is 1.24 bits per heavy atom. The molecule has 2 aliphatic carbocycles. The van der Waals surface area contributed by atoms with Gasteiger partial charge in [-0.3, -0.25) is 4.79 Å². The van der Waals surface area contributed by atoms with Gasteiger partial charge in [-0.2, -0.15) is 0 Å². The van der Waals surface area contributed by atoms with E-state index in [1.54, 1.807) is 0 Å². The van der Waals surface area contributed by atoms with Crippen molar-refractivity contribution in [1.29, 1.82) is 0 Å². The SMILES string of the molecule is Cl.NC1(C(=O)NCC2CCc3ccccc32)CCCCC1. The zero-order chi connectivity index (χ0) is 14.0. The van der Waals surface area contributed by atoms with E-state index in [1.165, 1.54) is 17.5 Å². The van der Waals surface area contributed by atoms with Gasteiger partial charge in [-0.15, -0.1) is 12.4 Å². The van der Waals surface area contributed by atoms with Crippen LogP contribution in [0.2, 0.25) is 0 Å². The summed E-state index contributed by atoms with van der Waals surface area (Å²) < 4.78 is 0. The van der Waals surface area contributed by atoms with Crippen LogP contribution in [0.4, 0.5) is 0 Å². The minimum atomic E-state index is -0.615. The molecule has 3 N–H and O–H groups in total. The van der Waals surface area contributed by atoms with Gasteiger partial charge in [-0.1, -0.05) is 43.5 Å². The highest BCUT2D eigenvalue weighted by atomic mass is 35.5. The summed E-state index contributed by atoms with van der Waals surface area (Å²) in [4.78, 5) is 12.4. The van der Waals surface area contributed by atoms with Crippen molar-refractivity contribution in [3.8, 4) is 0 Å². The third-order valence-corrected chi connectivity index (χ3v) is 4.96. The number of hydrogen-bond donors (Lipinski definition) is 2. The molecule has 1 fully saturated rings. The minimum absolute atomic E-state index is 0. The van der Waals surface area contributed by atoms with E-state index >= 15 is 0 Å². The molecule has 0 aromatic heterocycles. The monoisotopic (exact) mass is 308 g/mol. The predicted molar refractivity (Wildman–Crippen MR) is 87.8 cm³/mol. The van der Waals surface area contributed by atoms with Crippen molar-refractivity contribution in [2.24, 2.45) is 5.73 Å². The van der Waals surface area contributed by atoms with Crippen molar-refractivity contribution in [3.63, 3.8) is 0 Å². The van der Waals surface area contributed by atoms with E-state index in [-0.39, 0.29) is 18.3 Å². The summed E-state index contributed by atoms with van der Waals surface area (Å²) in [6.45, 7) is 0.731. The average Bonchev–Trinajstić information content (AvgIpc) is 2.89. The highest BCUT2D eigenvalue weighted by Gasteiger charge is 2.35. The summed E-state index contributed by atoms with van der Waals surface area (Å²) >= 11 is 0. The van der Waals surface area contributed by atoms with E-state index in [4.69, 9.17) is 5.73 Å². The Balaban J connectivity index is 0.00000161. The zero-order valence-corrected chi connectivity index (χ0v) is 13.3. The Morgan fingerprint density at radius 2 is 1.95 bits per heavy atom. The van der Waals surface area contributed by atoms with Crippen LogP contribution >= 0.6 is 12.4 Å². The van der Waals surface area contributed by atoms with Gasteiger partial charge >= 0.3 is 0 Å². The van der Waals surface area contributed by atoms with E-state index in [2.05, 4.69) is 29.6 Å². The van der Waals surface area contributed by atoms with Crippen LogP contribution in [-0.2, 0) is 11.2 Å². The number of benzene rings is 1. The topological polar surface area (TPSA) is 55.1 Å². The number of nitrogens with two attached hydrogens (primary N) is 1. The van der Waals surface area contributed by atoms with Crippen LogP contribution in [0.5, 0.6) is 0 Å². The fourth-order valence-corrected chi connectivity index (χ4v) is 3.66. The third kappa shape index (κ3) is 3.41. The molecule has 1 aromatic rings.